The Hall–Kier alpha value is -2.06. The summed E-state index contributed by atoms with van der Waals surface area (Å²) in [5, 5.41) is 0.364. The first-order valence-corrected chi connectivity index (χ1v) is 9.63. The number of nitrogens with one attached hydrogen (secondary N) is 1. The zero-order valence-corrected chi connectivity index (χ0v) is 15.3. The molecule has 1 aliphatic rings. The second-order valence-electron chi connectivity index (χ2n) is 4.85. The van der Waals surface area contributed by atoms with Gasteiger partial charge in [0.15, 0.2) is 0 Å². The number of carbonyl (C=O) groups excluding carboxylic acids is 4. The molecule has 1 N–H and O–H groups in total. The molecule has 0 radical (unpaired) electrons. The Balaban J connectivity index is 2.15. The SMILES string of the molecule is O=C(CI)Nc1cccc(C(=O)ON2C(=O)CC(S(=O)(=O)[O-])C2=O)c1. The fraction of sp³-hybridized carbons (Fsp3) is 0.231. The second-order valence-corrected chi connectivity index (χ2v) is 7.17. The van der Waals surface area contributed by atoms with Crippen molar-refractivity contribution in [2.75, 3.05) is 9.74 Å². The highest BCUT2D eigenvalue weighted by atomic mass is 127. The minimum absolute atomic E-state index is 0.0292. The van der Waals surface area contributed by atoms with Gasteiger partial charge in [-0.05, 0) is 18.2 Å². The zero-order chi connectivity index (χ0) is 18.8. The summed E-state index contributed by atoms with van der Waals surface area (Å²) in [7, 11) is -5.04. The van der Waals surface area contributed by atoms with Crippen molar-refractivity contribution in [2.45, 2.75) is 11.7 Å². The molecule has 25 heavy (non-hydrogen) atoms. The smallest absolute Gasteiger partial charge is 0.363 e. The largest absolute Gasteiger partial charge is 0.747 e. The molecule has 1 unspecified atom stereocenters. The first-order chi connectivity index (χ1) is 11.6. The maximum atomic E-state index is 12.0. The van der Waals surface area contributed by atoms with Gasteiger partial charge in [0.1, 0.15) is 15.4 Å². The van der Waals surface area contributed by atoms with Gasteiger partial charge in [-0.3, -0.25) is 14.4 Å². The van der Waals surface area contributed by atoms with Crippen molar-refractivity contribution in [1.29, 1.82) is 0 Å². The number of hydrogen-bond acceptors (Lipinski definition) is 8. The van der Waals surface area contributed by atoms with Gasteiger partial charge in [0.2, 0.25) is 5.91 Å². The number of hydrogen-bond donors (Lipinski definition) is 1. The van der Waals surface area contributed by atoms with Gasteiger partial charge in [0, 0.05) is 5.69 Å². The van der Waals surface area contributed by atoms with Gasteiger partial charge >= 0.3 is 5.97 Å². The quantitative estimate of drug-likeness (QED) is 0.263. The van der Waals surface area contributed by atoms with E-state index >= 15 is 0 Å². The molecule has 12 heteroatoms. The monoisotopic (exact) mass is 481 g/mol. The highest BCUT2D eigenvalue weighted by Crippen LogP contribution is 2.21. The molecule has 3 amide bonds. The van der Waals surface area contributed by atoms with Crippen LogP contribution in [0, 0.1) is 0 Å². The Morgan fingerprint density at radius 3 is 2.60 bits per heavy atom. The number of carbonyl (C=O) groups is 4. The van der Waals surface area contributed by atoms with Crippen LogP contribution in [0.3, 0.4) is 0 Å². The number of benzene rings is 1. The van der Waals surface area contributed by atoms with Gasteiger partial charge in [0.25, 0.3) is 11.8 Å². The van der Waals surface area contributed by atoms with E-state index in [0.29, 0.717) is 0 Å². The molecular formula is C13H10IN2O8S-. The van der Waals surface area contributed by atoms with Gasteiger partial charge in [-0.2, -0.15) is 0 Å². The van der Waals surface area contributed by atoms with Crippen LogP contribution in [0.1, 0.15) is 16.8 Å². The molecule has 2 rings (SSSR count). The predicted molar refractivity (Wildman–Crippen MR) is 89.3 cm³/mol. The fourth-order valence-corrected chi connectivity index (χ4v) is 2.84. The molecular weight excluding hydrogens is 471 g/mol. The van der Waals surface area contributed by atoms with Gasteiger partial charge in [-0.25, -0.2) is 13.2 Å². The van der Waals surface area contributed by atoms with E-state index in [4.69, 9.17) is 0 Å². The lowest BCUT2D eigenvalue weighted by Crippen LogP contribution is -2.36. The topological polar surface area (TPSA) is 150 Å². The van der Waals surface area contributed by atoms with Gasteiger partial charge in [-0.15, -0.1) is 5.06 Å². The van der Waals surface area contributed by atoms with Crippen molar-refractivity contribution in [3.8, 4) is 0 Å². The third kappa shape index (κ3) is 4.52. The van der Waals surface area contributed by atoms with E-state index in [1.807, 2.05) is 22.6 Å². The first kappa shape index (κ1) is 19.3. The van der Waals surface area contributed by atoms with Crippen LogP contribution in [0.25, 0.3) is 0 Å². The number of anilines is 1. The summed E-state index contributed by atoms with van der Waals surface area (Å²) < 4.78 is 33.0. The van der Waals surface area contributed by atoms with Gasteiger partial charge < -0.3 is 14.7 Å². The molecule has 1 heterocycles. The minimum atomic E-state index is -5.04. The summed E-state index contributed by atoms with van der Waals surface area (Å²) in [5.74, 6) is -3.96. The van der Waals surface area contributed by atoms with Crippen LogP contribution < -0.4 is 5.32 Å². The number of nitrogens with zero attached hydrogens (tertiary/aromatic N) is 1. The van der Waals surface area contributed by atoms with Crippen molar-refractivity contribution in [3.63, 3.8) is 0 Å². The molecule has 0 saturated carbocycles. The predicted octanol–water partition coefficient (Wildman–Crippen LogP) is -0.195. The summed E-state index contributed by atoms with van der Waals surface area (Å²) >= 11 is 1.85. The average Bonchev–Trinajstić information content (AvgIpc) is 2.83. The molecule has 10 nitrogen and oxygen atoms in total. The normalized spacial score (nSPS) is 17.5. The molecule has 0 aromatic heterocycles. The molecule has 0 aliphatic carbocycles. The van der Waals surface area contributed by atoms with Crippen LogP contribution in [0.15, 0.2) is 24.3 Å². The van der Waals surface area contributed by atoms with E-state index in [1.54, 1.807) is 0 Å². The van der Waals surface area contributed by atoms with Crippen molar-refractivity contribution in [1.82, 2.24) is 5.06 Å². The summed E-state index contributed by atoms with van der Waals surface area (Å²) in [6.07, 6.45) is -0.885. The molecule has 0 spiro atoms. The van der Waals surface area contributed by atoms with E-state index in [-0.39, 0.29) is 26.6 Å². The van der Waals surface area contributed by atoms with E-state index < -0.39 is 39.6 Å². The number of rotatable bonds is 5. The summed E-state index contributed by atoms with van der Waals surface area (Å²) in [4.78, 5) is 51.4. The van der Waals surface area contributed by atoms with Crippen LogP contribution >= 0.6 is 22.6 Å². The summed E-state index contributed by atoms with van der Waals surface area (Å²) in [5.41, 5.74) is 0.190. The molecule has 1 aromatic rings. The maximum Gasteiger partial charge on any atom is 0.363 e. The van der Waals surface area contributed by atoms with E-state index in [2.05, 4.69) is 10.2 Å². The highest BCUT2D eigenvalue weighted by molar-refractivity contribution is 14.1. The van der Waals surface area contributed by atoms with E-state index in [9.17, 15) is 32.1 Å². The van der Waals surface area contributed by atoms with Crippen LogP contribution in [0.4, 0.5) is 5.69 Å². The lowest BCUT2D eigenvalue weighted by atomic mass is 10.2. The zero-order valence-electron chi connectivity index (χ0n) is 12.3. The average molecular weight is 481 g/mol. The number of amides is 3. The molecule has 1 atom stereocenters. The summed E-state index contributed by atoms with van der Waals surface area (Å²) in [6, 6.07) is 5.49. The molecule has 1 aliphatic heterocycles. The Kier molecular flexibility index (Phi) is 5.74. The fourth-order valence-electron chi connectivity index (χ4n) is 1.96. The standard InChI is InChI=1S/C13H11IN2O8S/c14-6-10(17)15-8-3-1-2-7(4-8)13(20)24-16-11(18)5-9(12(16)19)25(21,22)23/h1-4,9H,5-6H2,(H,15,17)(H,21,22,23)/p-1. The van der Waals surface area contributed by atoms with Crippen LogP contribution in [-0.2, 0) is 29.3 Å². The molecule has 0 bridgehead atoms. The lowest BCUT2D eigenvalue weighted by molar-refractivity contribution is -0.172. The third-order valence-corrected chi connectivity index (χ3v) is 4.85. The second kappa shape index (κ2) is 7.45. The van der Waals surface area contributed by atoms with E-state index in [0.717, 1.165) is 0 Å². The van der Waals surface area contributed by atoms with Crippen molar-refractivity contribution in [3.05, 3.63) is 29.8 Å². The third-order valence-electron chi connectivity index (χ3n) is 3.09. The highest BCUT2D eigenvalue weighted by Gasteiger charge is 2.45. The van der Waals surface area contributed by atoms with Crippen LogP contribution in [-0.4, -0.2) is 51.4 Å². The number of hydroxylamine groups is 2. The first-order valence-electron chi connectivity index (χ1n) is 6.63. The minimum Gasteiger partial charge on any atom is -0.747 e. The molecule has 1 aromatic carbocycles. The lowest BCUT2D eigenvalue weighted by Gasteiger charge is -2.15. The van der Waals surface area contributed by atoms with Gasteiger partial charge in [-0.1, -0.05) is 28.7 Å². The number of halogens is 1. The van der Waals surface area contributed by atoms with E-state index in [1.165, 1.54) is 24.3 Å². The maximum absolute atomic E-state index is 12.0. The Bertz CT molecular complexity index is 853. The molecule has 134 valence electrons. The Morgan fingerprint density at radius 2 is 2.04 bits per heavy atom. The van der Waals surface area contributed by atoms with Crippen LogP contribution in [0.5, 0.6) is 0 Å². The molecule has 1 saturated heterocycles. The van der Waals surface area contributed by atoms with Crippen molar-refractivity contribution >= 4 is 62.1 Å². The number of imide groups is 1. The Labute approximate surface area is 155 Å². The van der Waals surface area contributed by atoms with Crippen LogP contribution in [0.2, 0.25) is 0 Å². The number of alkyl halides is 1. The Morgan fingerprint density at radius 1 is 1.36 bits per heavy atom. The van der Waals surface area contributed by atoms with Crippen molar-refractivity contribution in [2.24, 2.45) is 0 Å². The van der Waals surface area contributed by atoms with Gasteiger partial charge in [0.05, 0.1) is 16.4 Å². The summed E-state index contributed by atoms with van der Waals surface area (Å²) in [6.45, 7) is 0. The molecule has 1 fully saturated rings. The van der Waals surface area contributed by atoms with Crippen molar-refractivity contribution < 1.29 is 37.0 Å².